The van der Waals surface area contributed by atoms with Gasteiger partial charge in [0.1, 0.15) is 23.1 Å². The summed E-state index contributed by atoms with van der Waals surface area (Å²) in [6, 6.07) is 12.7. The van der Waals surface area contributed by atoms with Gasteiger partial charge in [-0.05, 0) is 81.1 Å². The Hall–Kier alpha value is -3.52. The van der Waals surface area contributed by atoms with E-state index in [0.717, 1.165) is 46.4 Å². The SMILES string of the molecule is CCOc1ccc2[nH]c3c(c2c1)CC1(C)C(=O)N(CCCNC2CC2)C(=O)N1C3c1cccc(O)c1. The topological polar surface area (TPSA) is 97.9 Å². The zero-order valence-electron chi connectivity index (χ0n) is 20.7. The molecule has 6 rings (SSSR count). The first kappa shape index (κ1) is 22.9. The summed E-state index contributed by atoms with van der Waals surface area (Å²) in [5, 5.41) is 14.7. The third-order valence-electron chi connectivity index (χ3n) is 7.70. The Labute approximate surface area is 210 Å². The van der Waals surface area contributed by atoms with E-state index >= 15 is 0 Å². The third kappa shape index (κ3) is 3.63. The van der Waals surface area contributed by atoms with Crippen molar-refractivity contribution in [1.29, 1.82) is 0 Å². The van der Waals surface area contributed by atoms with Gasteiger partial charge in [-0.15, -0.1) is 0 Å². The van der Waals surface area contributed by atoms with Gasteiger partial charge >= 0.3 is 6.03 Å². The van der Waals surface area contributed by atoms with E-state index < -0.39 is 11.6 Å². The highest BCUT2D eigenvalue weighted by Gasteiger charge is 2.60. The molecule has 2 aliphatic heterocycles. The standard InChI is InChI=1S/C28H32N4O4/c1-3-36-20-10-11-23-21(15-20)22-16-28(2)26(34)31(13-5-12-29-18-8-9-18)27(35)32(28)25(24(22)30-23)17-6-4-7-19(33)14-17/h4,6-7,10-11,14-15,18,25,29-30,33H,3,5,8-9,12-13,16H2,1-2H3. The number of aromatic hydroxyl groups is 1. The molecular weight excluding hydrogens is 456 g/mol. The predicted octanol–water partition coefficient (Wildman–Crippen LogP) is 4.08. The molecule has 8 nitrogen and oxygen atoms in total. The molecule has 1 aromatic heterocycles. The fourth-order valence-corrected chi connectivity index (χ4v) is 5.82. The number of urea groups is 1. The average Bonchev–Trinajstić information content (AvgIpc) is 3.59. The summed E-state index contributed by atoms with van der Waals surface area (Å²) >= 11 is 0. The summed E-state index contributed by atoms with van der Waals surface area (Å²) in [5.74, 6) is 0.731. The molecule has 3 aliphatic rings. The number of aromatic nitrogens is 1. The van der Waals surface area contributed by atoms with Crippen LogP contribution in [-0.2, 0) is 11.2 Å². The minimum atomic E-state index is -1.03. The normalized spacial score (nSPS) is 23.3. The second kappa shape index (κ2) is 8.55. The zero-order valence-corrected chi connectivity index (χ0v) is 20.7. The van der Waals surface area contributed by atoms with Gasteiger partial charge in [-0.3, -0.25) is 14.6 Å². The molecule has 2 atom stereocenters. The molecule has 3 amide bonds. The van der Waals surface area contributed by atoms with Crippen molar-refractivity contribution in [2.24, 2.45) is 0 Å². The maximum atomic E-state index is 13.9. The van der Waals surface area contributed by atoms with Crippen molar-refractivity contribution in [3.63, 3.8) is 0 Å². The lowest BCUT2D eigenvalue weighted by Crippen LogP contribution is -2.53. The first-order valence-corrected chi connectivity index (χ1v) is 12.9. The van der Waals surface area contributed by atoms with Gasteiger partial charge in [0.25, 0.3) is 5.91 Å². The van der Waals surface area contributed by atoms with Gasteiger partial charge in [-0.25, -0.2) is 4.79 Å². The van der Waals surface area contributed by atoms with Crippen LogP contribution in [0.5, 0.6) is 11.5 Å². The average molecular weight is 489 g/mol. The number of hydrogen-bond acceptors (Lipinski definition) is 5. The molecule has 2 unspecified atom stereocenters. The fraction of sp³-hybridized carbons (Fsp3) is 0.429. The van der Waals surface area contributed by atoms with Crippen molar-refractivity contribution < 1.29 is 19.4 Å². The summed E-state index contributed by atoms with van der Waals surface area (Å²) in [6.07, 6.45) is 3.54. The molecular formula is C28H32N4O4. The first-order chi connectivity index (χ1) is 17.4. The van der Waals surface area contributed by atoms with Crippen LogP contribution < -0.4 is 10.1 Å². The highest BCUT2D eigenvalue weighted by atomic mass is 16.5. The second-order valence-electron chi connectivity index (χ2n) is 10.3. The van der Waals surface area contributed by atoms with Crippen LogP contribution in [0.4, 0.5) is 4.79 Å². The molecule has 0 radical (unpaired) electrons. The monoisotopic (exact) mass is 488 g/mol. The quantitative estimate of drug-likeness (QED) is 0.328. The van der Waals surface area contributed by atoms with Crippen molar-refractivity contribution in [1.82, 2.24) is 20.1 Å². The Kier molecular flexibility index (Phi) is 5.44. The number of rotatable bonds is 8. The van der Waals surface area contributed by atoms with E-state index in [9.17, 15) is 14.7 Å². The minimum Gasteiger partial charge on any atom is -0.508 e. The molecule has 188 valence electrons. The highest BCUT2D eigenvalue weighted by molar-refractivity contribution is 6.08. The van der Waals surface area contributed by atoms with Crippen LogP contribution in [0.15, 0.2) is 42.5 Å². The van der Waals surface area contributed by atoms with E-state index in [1.807, 2.05) is 38.1 Å². The number of ether oxygens (including phenoxy) is 1. The molecule has 36 heavy (non-hydrogen) atoms. The van der Waals surface area contributed by atoms with Gasteiger partial charge in [0.15, 0.2) is 0 Å². The number of carbonyl (C=O) groups excluding carboxylic acids is 2. The van der Waals surface area contributed by atoms with Gasteiger partial charge in [-0.2, -0.15) is 0 Å². The number of carbonyl (C=O) groups is 2. The van der Waals surface area contributed by atoms with Crippen LogP contribution in [0, 0.1) is 0 Å². The second-order valence-corrected chi connectivity index (χ2v) is 10.3. The molecule has 8 heteroatoms. The Balaban J connectivity index is 1.43. The summed E-state index contributed by atoms with van der Waals surface area (Å²) < 4.78 is 5.75. The van der Waals surface area contributed by atoms with Gasteiger partial charge in [0, 0.05) is 35.6 Å². The van der Waals surface area contributed by atoms with Crippen LogP contribution in [0.1, 0.15) is 56.0 Å². The van der Waals surface area contributed by atoms with Crippen LogP contribution in [0.25, 0.3) is 10.9 Å². The minimum absolute atomic E-state index is 0.122. The summed E-state index contributed by atoms with van der Waals surface area (Å²) in [5.41, 5.74) is 2.55. The number of phenolic OH excluding ortho intramolecular Hbond substituents is 1. The number of fused-ring (bicyclic) bond motifs is 4. The van der Waals surface area contributed by atoms with Gasteiger partial charge in [-0.1, -0.05) is 12.1 Å². The lowest BCUT2D eigenvalue weighted by Gasteiger charge is -2.42. The molecule has 3 heterocycles. The number of phenols is 1. The molecule has 2 fully saturated rings. The Morgan fingerprint density at radius 3 is 2.78 bits per heavy atom. The zero-order chi connectivity index (χ0) is 25.0. The largest absolute Gasteiger partial charge is 0.508 e. The maximum Gasteiger partial charge on any atom is 0.328 e. The molecule has 0 bridgehead atoms. The van der Waals surface area contributed by atoms with Crippen molar-refractivity contribution in [3.8, 4) is 11.5 Å². The van der Waals surface area contributed by atoms with E-state index in [1.54, 1.807) is 23.1 Å². The summed E-state index contributed by atoms with van der Waals surface area (Å²) in [6.45, 7) is 5.57. The van der Waals surface area contributed by atoms with Crippen LogP contribution in [0.3, 0.4) is 0 Å². The van der Waals surface area contributed by atoms with Crippen LogP contribution in [-0.4, -0.2) is 63.1 Å². The number of H-pyrrole nitrogens is 1. The molecule has 3 N–H and O–H groups in total. The summed E-state index contributed by atoms with van der Waals surface area (Å²) in [7, 11) is 0. The number of nitrogens with one attached hydrogen (secondary N) is 2. The molecule has 1 saturated heterocycles. The molecule has 2 aromatic carbocycles. The first-order valence-electron chi connectivity index (χ1n) is 12.9. The number of nitrogens with zero attached hydrogens (tertiary/aromatic N) is 2. The van der Waals surface area contributed by atoms with Crippen molar-refractivity contribution in [2.75, 3.05) is 19.7 Å². The third-order valence-corrected chi connectivity index (χ3v) is 7.70. The Morgan fingerprint density at radius 2 is 2.03 bits per heavy atom. The van der Waals surface area contributed by atoms with E-state index in [-0.39, 0.29) is 17.7 Å². The number of aromatic amines is 1. The van der Waals surface area contributed by atoms with Crippen molar-refractivity contribution in [3.05, 3.63) is 59.3 Å². The predicted molar refractivity (Wildman–Crippen MR) is 136 cm³/mol. The van der Waals surface area contributed by atoms with E-state index in [0.29, 0.717) is 25.6 Å². The molecule has 1 aliphatic carbocycles. The van der Waals surface area contributed by atoms with Crippen molar-refractivity contribution in [2.45, 2.75) is 57.2 Å². The lowest BCUT2D eigenvalue weighted by atomic mass is 9.81. The van der Waals surface area contributed by atoms with Crippen LogP contribution >= 0.6 is 0 Å². The lowest BCUT2D eigenvalue weighted by molar-refractivity contribution is -0.133. The van der Waals surface area contributed by atoms with E-state index in [4.69, 9.17) is 4.74 Å². The van der Waals surface area contributed by atoms with Crippen molar-refractivity contribution >= 4 is 22.8 Å². The molecule has 0 spiro atoms. The van der Waals surface area contributed by atoms with Gasteiger partial charge in [0.05, 0.1) is 6.61 Å². The summed E-state index contributed by atoms with van der Waals surface area (Å²) in [4.78, 5) is 34.4. The number of hydrogen-bond donors (Lipinski definition) is 3. The number of benzene rings is 2. The Bertz CT molecular complexity index is 1350. The maximum absolute atomic E-state index is 13.9. The van der Waals surface area contributed by atoms with E-state index in [1.165, 1.54) is 17.7 Å². The highest BCUT2D eigenvalue weighted by Crippen LogP contribution is 2.49. The van der Waals surface area contributed by atoms with Crippen LogP contribution in [0.2, 0.25) is 0 Å². The van der Waals surface area contributed by atoms with E-state index in [2.05, 4.69) is 10.3 Å². The molecule has 1 saturated carbocycles. The smallest absolute Gasteiger partial charge is 0.328 e. The number of imide groups is 1. The fourth-order valence-electron chi connectivity index (χ4n) is 5.82. The number of amides is 3. The van der Waals surface area contributed by atoms with Gasteiger partial charge < -0.3 is 20.1 Å². The van der Waals surface area contributed by atoms with Gasteiger partial charge in [0.2, 0.25) is 0 Å². The Morgan fingerprint density at radius 1 is 1.19 bits per heavy atom. The molecule has 3 aromatic rings.